The van der Waals surface area contributed by atoms with Gasteiger partial charge in [-0.05, 0) is 127 Å². The fraction of sp³-hybridized carbons (Fsp3) is 0.0175. The third kappa shape index (κ3) is 5.56. The van der Waals surface area contributed by atoms with Gasteiger partial charge in [-0.3, -0.25) is 0 Å². The molecule has 0 radical (unpaired) electrons. The molecule has 0 spiro atoms. The minimum Gasteiger partial charge on any atom is -0.309 e. The van der Waals surface area contributed by atoms with Gasteiger partial charge in [0.2, 0.25) is 0 Å². The van der Waals surface area contributed by atoms with Crippen LogP contribution < -0.4 is 4.90 Å². The third-order valence-corrected chi connectivity index (χ3v) is 12.4. The van der Waals surface area contributed by atoms with Crippen LogP contribution in [-0.4, -0.2) is 4.57 Å². The Labute approximate surface area is 343 Å². The Morgan fingerprint density at radius 1 is 0.288 bits per heavy atom. The quantitative estimate of drug-likeness (QED) is 0.170. The number of hydrogen-bond donors (Lipinski definition) is 0. The lowest BCUT2D eigenvalue weighted by atomic mass is 9.89. The summed E-state index contributed by atoms with van der Waals surface area (Å²) in [5.41, 5.74) is 17.2. The highest BCUT2D eigenvalue weighted by Gasteiger charge is 2.26. The molecule has 2 heterocycles. The van der Waals surface area contributed by atoms with Crippen LogP contribution in [0.2, 0.25) is 0 Å². The number of para-hydroxylation sites is 1. The molecular formula is C57H38N2. The topological polar surface area (TPSA) is 8.17 Å². The number of benzene rings is 10. The molecule has 0 fully saturated rings. The zero-order valence-electron chi connectivity index (χ0n) is 32.4. The average Bonchev–Trinajstić information content (AvgIpc) is 3.64. The summed E-state index contributed by atoms with van der Waals surface area (Å²) in [6, 6.07) is 80.3. The van der Waals surface area contributed by atoms with E-state index in [2.05, 4.69) is 228 Å². The van der Waals surface area contributed by atoms with Crippen molar-refractivity contribution in [2.45, 2.75) is 6.42 Å². The second-order valence-electron chi connectivity index (χ2n) is 15.8. The number of fused-ring (bicyclic) bond motifs is 7. The van der Waals surface area contributed by atoms with E-state index in [0.29, 0.717) is 0 Å². The summed E-state index contributed by atoms with van der Waals surface area (Å²) in [6.07, 6.45) is 0.853. The first-order chi connectivity index (χ1) is 29.2. The van der Waals surface area contributed by atoms with Gasteiger partial charge in [0.1, 0.15) is 0 Å². The molecule has 1 aliphatic rings. The largest absolute Gasteiger partial charge is 0.309 e. The maximum absolute atomic E-state index is 2.49. The van der Waals surface area contributed by atoms with Crippen LogP contribution in [0.25, 0.3) is 82.4 Å². The highest BCUT2D eigenvalue weighted by Crippen LogP contribution is 2.48. The Kier molecular flexibility index (Phi) is 7.64. The van der Waals surface area contributed by atoms with Crippen LogP contribution in [0.4, 0.5) is 17.1 Å². The lowest BCUT2D eigenvalue weighted by Crippen LogP contribution is -2.19. The molecule has 59 heavy (non-hydrogen) atoms. The molecule has 0 atom stereocenters. The Balaban J connectivity index is 0.952. The van der Waals surface area contributed by atoms with Crippen LogP contribution in [0.5, 0.6) is 0 Å². The molecule has 0 saturated carbocycles. The highest BCUT2D eigenvalue weighted by atomic mass is 15.2. The molecule has 0 unspecified atom stereocenters. The molecule has 0 amide bonds. The molecule has 11 aromatic rings. The van der Waals surface area contributed by atoms with Crippen molar-refractivity contribution in [3.8, 4) is 39.1 Å². The molecule has 0 N–H and O–H groups in total. The van der Waals surface area contributed by atoms with Gasteiger partial charge in [0.25, 0.3) is 0 Å². The minimum absolute atomic E-state index is 0.853. The van der Waals surface area contributed by atoms with Crippen LogP contribution in [-0.2, 0) is 6.42 Å². The predicted octanol–water partition coefficient (Wildman–Crippen LogP) is 15.5. The summed E-state index contributed by atoms with van der Waals surface area (Å²) in [4.78, 5) is 2.49. The van der Waals surface area contributed by atoms with Crippen molar-refractivity contribution < 1.29 is 0 Å². The summed E-state index contributed by atoms with van der Waals surface area (Å²) in [5.74, 6) is 0. The fourth-order valence-electron chi connectivity index (χ4n) is 9.48. The van der Waals surface area contributed by atoms with Gasteiger partial charge >= 0.3 is 0 Å². The van der Waals surface area contributed by atoms with Crippen LogP contribution in [0, 0.1) is 0 Å². The van der Waals surface area contributed by atoms with Gasteiger partial charge in [0.15, 0.2) is 0 Å². The van der Waals surface area contributed by atoms with Crippen molar-refractivity contribution in [1.82, 2.24) is 4.57 Å². The number of anilines is 3. The van der Waals surface area contributed by atoms with Gasteiger partial charge in [-0.1, -0.05) is 152 Å². The van der Waals surface area contributed by atoms with E-state index in [9.17, 15) is 0 Å². The van der Waals surface area contributed by atoms with E-state index in [1.165, 1.54) is 105 Å². The molecular weight excluding hydrogens is 713 g/mol. The lowest BCUT2D eigenvalue weighted by Gasteiger charge is -2.35. The summed E-state index contributed by atoms with van der Waals surface area (Å²) < 4.78 is 2.40. The predicted molar refractivity (Wildman–Crippen MR) is 250 cm³/mol. The molecule has 2 nitrogen and oxygen atoms in total. The van der Waals surface area contributed by atoms with Gasteiger partial charge in [0, 0.05) is 39.6 Å². The first-order valence-electron chi connectivity index (χ1n) is 20.5. The highest BCUT2D eigenvalue weighted by molar-refractivity contribution is 6.10. The number of nitrogens with zero attached hydrogens (tertiary/aromatic N) is 2. The maximum Gasteiger partial charge on any atom is 0.0541 e. The molecule has 12 rings (SSSR count). The second-order valence-corrected chi connectivity index (χ2v) is 15.8. The van der Waals surface area contributed by atoms with Crippen LogP contribution in [0.3, 0.4) is 0 Å². The average molecular weight is 751 g/mol. The molecule has 276 valence electrons. The van der Waals surface area contributed by atoms with E-state index in [1.807, 2.05) is 0 Å². The zero-order valence-corrected chi connectivity index (χ0v) is 32.4. The summed E-state index contributed by atoms with van der Waals surface area (Å²) in [6.45, 7) is 0. The monoisotopic (exact) mass is 750 g/mol. The molecule has 2 heteroatoms. The van der Waals surface area contributed by atoms with Gasteiger partial charge in [-0.15, -0.1) is 0 Å². The molecule has 0 saturated heterocycles. The Hall–Kier alpha value is -7.68. The molecule has 1 aromatic heterocycles. The Bertz CT molecular complexity index is 3400. The molecule has 1 aliphatic heterocycles. The normalized spacial score (nSPS) is 12.3. The standard InChI is InChI=1S/C57H38N2/c1-2-11-38(12-3-1)46-27-32-57-52(37-46)51-18-8-9-19-56(51)58(57)49-28-23-40(24-29-49)43-25-30-53-47(34-43)36-48-35-45(44-22-21-39-13-4-5-15-42(39)33-44)26-31-54(48)59(53)55-20-10-16-41-14-6-7-17-50(41)55/h1-35,37H,36H2. The van der Waals surface area contributed by atoms with Crippen LogP contribution >= 0.6 is 0 Å². The molecule has 10 aromatic carbocycles. The Morgan fingerprint density at radius 2 is 0.831 bits per heavy atom. The van der Waals surface area contributed by atoms with E-state index in [0.717, 1.165) is 12.1 Å². The van der Waals surface area contributed by atoms with Crippen LogP contribution in [0.15, 0.2) is 218 Å². The maximum atomic E-state index is 2.49. The van der Waals surface area contributed by atoms with Crippen molar-refractivity contribution in [1.29, 1.82) is 0 Å². The SMILES string of the molecule is c1ccc(-c2ccc3c(c2)c2ccccc2n3-c2ccc(-c3ccc4c(c3)Cc3cc(-c5ccc6ccccc6c5)ccc3N4c3cccc4ccccc34)cc2)cc1. The van der Waals surface area contributed by atoms with Crippen molar-refractivity contribution in [3.63, 3.8) is 0 Å². The minimum atomic E-state index is 0.853. The van der Waals surface area contributed by atoms with Crippen molar-refractivity contribution in [3.05, 3.63) is 230 Å². The van der Waals surface area contributed by atoms with Gasteiger partial charge in [-0.25, -0.2) is 0 Å². The summed E-state index contributed by atoms with van der Waals surface area (Å²) >= 11 is 0. The van der Waals surface area contributed by atoms with E-state index in [1.54, 1.807) is 0 Å². The second kappa shape index (κ2) is 13.5. The first-order valence-corrected chi connectivity index (χ1v) is 20.5. The Morgan fingerprint density at radius 3 is 1.63 bits per heavy atom. The van der Waals surface area contributed by atoms with E-state index in [4.69, 9.17) is 0 Å². The van der Waals surface area contributed by atoms with Crippen molar-refractivity contribution in [2.75, 3.05) is 4.90 Å². The molecule has 0 bridgehead atoms. The van der Waals surface area contributed by atoms with E-state index >= 15 is 0 Å². The van der Waals surface area contributed by atoms with Crippen molar-refractivity contribution >= 4 is 60.4 Å². The van der Waals surface area contributed by atoms with Gasteiger partial charge in [0.05, 0.1) is 16.7 Å². The van der Waals surface area contributed by atoms with E-state index < -0.39 is 0 Å². The van der Waals surface area contributed by atoms with E-state index in [-0.39, 0.29) is 0 Å². The number of rotatable bonds is 5. The first kappa shape index (κ1) is 33.5. The van der Waals surface area contributed by atoms with Crippen molar-refractivity contribution in [2.24, 2.45) is 0 Å². The van der Waals surface area contributed by atoms with Gasteiger partial charge < -0.3 is 9.47 Å². The molecule has 0 aliphatic carbocycles. The summed E-state index contributed by atoms with van der Waals surface area (Å²) in [7, 11) is 0. The zero-order chi connectivity index (χ0) is 38.9. The fourth-order valence-corrected chi connectivity index (χ4v) is 9.48. The third-order valence-electron chi connectivity index (χ3n) is 12.4. The van der Waals surface area contributed by atoms with Crippen LogP contribution in [0.1, 0.15) is 11.1 Å². The smallest absolute Gasteiger partial charge is 0.0541 e. The summed E-state index contributed by atoms with van der Waals surface area (Å²) in [5, 5.41) is 7.53. The number of aromatic nitrogens is 1. The lowest BCUT2D eigenvalue weighted by molar-refractivity contribution is 1.09. The van der Waals surface area contributed by atoms with Gasteiger partial charge in [-0.2, -0.15) is 0 Å². The number of hydrogen-bond acceptors (Lipinski definition) is 1.